The second-order valence-electron chi connectivity index (χ2n) is 9.43. The highest BCUT2D eigenvalue weighted by molar-refractivity contribution is 5.69. The summed E-state index contributed by atoms with van der Waals surface area (Å²) >= 11 is 0. The Morgan fingerprint density at radius 3 is 2.50 bits per heavy atom. The number of carbonyl (C=O) groups excluding carboxylic acids is 1. The van der Waals surface area contributed by atoms with E-state index in [0.717, 1.165) is 5.56 Å². The molecule has 1 aliphatic rings. The number of aromatic nitrogens is 2. The molecule has 1 aromatic carbocycles. The Morgan fingerprint density at radius 1 is 1.22 bits per heavy atom. The van der Waals surface area contributed by atoms with Crippen molar-refractivity contribution in [3.63, 3.8) is 0 Å². The monoisotopic (exact) mass is 444 g/mol. The van der Waals surface area contributed by atoms with Gasteiger partial charge in [-0.15, -0.1) is 0 Å². The number of nitrogens with zero attached hydrogens (tertiary/aromatic N) is 4. The van der Waals surface area contributed by atoms with Gasteiger partial charge in [0.05, 0.1) is 18.8 Å². The second-order valence-corrected chi connectivity index (χ2v) is 9.43. The Kier molecular flexibility index (Phi) is 7.33. The molecule has 1 unspecified atom stereocenters. The van der Waals surface area contributed by atoms with Crippen LogP contribution in [0.25, 0.3) is 11.3 Å². The van der Waals surface area contributed by atoms with Crippen molar-refractivity contribution in [3.8, 4) is 11.3 Å². The number of hydrogen-bond donors (Lipinski definition) is 0. The van der Waals surface area contributed by atoms with E-state index in [2.05, 4.69) is 28.7 Å². The smallest absolute Gasteiger partial charge is 0.410 e. The number of halogens is 1. The van der Waals surface area contributed by atoms with Crippen molar-refractivity contribution >= 4 is 12.0 Å². The molecule has 2 heterocycles. The van der Waals surface area contributed by atoms with Crippen LogP contribution in [-0.4, -0.2) is 59.3 Å². The number of anilines is 1. The predicted octanol–water partition coefficient (Wildman–Crippen LogP) is 4.51. The summed E-state index contributed by atoms with van der Waals surface area (Å²) in [7, 11) is 1.64. The number of methoxy groups -OCH3 is 1. The fourth-order valence-corrected chi connectivity index (χ4v) is 3.75. The molecular formula is C24H33FN4O3. The molecule has 0 saturated carbocycles. The molecule has 0 bridgehead atoms. The number of benzene rings is 1. The van der Waals surface area contributed by atoms with E-state index < -0.39 is 11.4 Å². The van der Waals surface area contributed by atoms with Gasteiger partial charge in [0.1, 0.15) is 11.3 Å². The molecule has 1 fully saturated rings. The molecule has 0 spiro atoms. The van der Waals surface area contributed by atoms with Crippen LogP contribution >= 0.6 is 0 Å². The van der Waals surface area contributed by atoms with E-state index in [0.29, 0.717) is 37.8 Å². The molecule has 0 N–H and O–H groups in total. The van der Waals surface area contributed by atoms with Gasteiger partial charge in [0.25, 0.3) is 0 Å². The van der Waals surface area contributed by atoms with Crippen LogP contribution in [0.5, 0.6) is 0 Å². The molecule has 0 aliphatic carbocycles. The maximum Gasteiger partial charge on any atom is 0.410 e. The molecule has 7 nitrogen and oxygen atoms in total. The average Bonchev–Trinajstić information content (AvgIpc) is 2.73. The molecule has 3 rings (SSSR count). The fourth-order valence-electron chi connectivity index (χ4n) is 3.75. The standard InChI is InChI=1S/C24H33FN4O3/c1-16(2)20-14-28(23(30)32-24(3,4)5)11-12-29(20)22-26-13-19(25)21(27-22)18-9-7-17(8-10-18)15-31-6/h7-10,13,16,20H,11-12,14-15H2,1-6H3. The Hall–Kier alpha value is -2.74. The van der Waals surface area contributed by atoms with Gasteiger partial charge >= 0.3 is 6.09 Å². The maximum atomic E-state index is 14.6. The van der Waals surface area contributed by atoms with E-state index in [1.807, 2.05) is 45.0 Å². The summed E-state index contributed by atoms with van der Waals surface area (Å²) < 4.78 is 25.3. The van der Waals surface area contributed by atoms with Gasteiger partial charge in [-0.3, -0.25) is 0 Å². The normalized spacial score (nSPS) is 17.1. The fraction of sp³-hybridized carbons (Fsp3) is 0.542. The van der Waals surface area contributed by atoms with Crippen molar-refractivity contribution in [3.05, 3.63) is 41.8 Å². The number of ether oxygens (including phenoxy) is 2. The molecule has 1 aliphatic heterocycles. The van der Waals surface area contributed by atoms with Gasteiger partial charge in [0.2, 0.25) is 5.95 Å². The third-order valence-electron chi connectivity index (χ3n) is 5.37. The van der Waals surface area contributed by atoms with Gasteiger partial charge in [0.15, 0.2) is 5.82 Å². The van der Waals surface area contributed by atoms with Crippen LogP contribution in [0.4, 0.5) is 15.1 Å². The third-order valence-corrected chi connectivity index (χ3v) is 5.37. The molecule has 1 saturated heterocycles. The molecule has 2 aromatic rings. The molecule has 174 valence electrons. The lowest BCUT2D eigenvalue weighted by Crippen LogP contribution is -2.57. The SMILES string of the molecule is COCc1ccc(-c2nc(N3CCN(C(=O)OC(C)(C)C)CC3C(C)C)ncc2F)cc1. The lowest BCUT2D eigenvalue weighted by Gasteiger charge is -2.43. The second kappa shape index (κ2) is 9.81. The van der Waals surface area contributed by atoms with Gasteiger partial charge < -0.3 is 19.3 Å². The van der Waals surface area contributed by atoms with Gasteiger partial charge in [-0.25, -0.2) is 19.2 Å². The summed E-state index contributed by atoms with van der Waals surface area (Å²) in [6.07, 6.45) is 0.901. The lowest BCUT2D eigenvalue weighted by atomic mass is 10.00. The van der Waals surface area contributed by atoms with E-state index >= 15 is 0 Å². The van der Waals surface area contributed by atoms with Crippen molar-refractivity contribution in [1.82, 2.24) is 14.9 Å². The van der Waals surface area contributed by atoms with E-state index in [9.17, 15) is 9.18 Å². The van der Waals surface area contributed by atoms with E-state index in [1.54, 1.807) is 12.0 Å². The van der Waals surface area contributed by atoms with Crippen molar-refractivity contribution < 1.29 is 18.7 Å². The third kappa shape index (κ3) is 5.73. The maximum absolute atomic E-state index is 14.6. The summed E-state index contributed by atoms with van der Waals surface area (Å²) in [4.78, 5) is 25.2. The quantitative estimate of drug-likeness (QED) is 0.676. The summed E-state index contributed by atoms with van der Waals surface area (Å²) in [5.41, 5.74) is 1.40. The number of amides is 1. The predicted molar refractivity (Wildman–Crippen MR) is 122 cm³/mol. The molecular weight excluding hydrogens is 411 g/mol. The largest absolute Gasteiger partial charge is 0.444 e. The van der Waals surface area contributed by atoms with Crippen molar-refractivity contribution in [2.45, 2.75) is 52.9 Å². The summed E-state index contributed by atoms with van der Waals surface area (Å²) in [6.45, 7) is 11.8. The minimum absolute atomic E-state index is 0.0151. The van der Waals surface area contributed by atoms with E-state index in [4.69, 9.17) is 9.47 Å². The Morgan fingerprint density at radius 2 is 1.91 bits per heavy atom. The zero-order chi connectivity index (χ0) is 23.5. The number of rotatable bonds is 5. The first-order valence-electron chi connectivity index (χ1n) is 10.9. The van der Waals surface area contributed by atoms with Crippen LogP contribution < -0.4 is 4.90 Å². The topological polar surface area (TPSA) is 67.8 Å². The molecule has 0 radical (unpaired) electrons. The first-order chi connectivity index (χ1) is 15.1. The van der Waals surface area contributed by atoms with Crippen molar-refractivity contribution in [1.29, 1.82) is 0 Å². The number of hydrogen-bond acceptors (Lipinski definition) is 6. The van der Waals surface area contributed by atoms with Crippen LogP contribution in [-0.2, 0) is 16.1 Å². The highest BCUT2D eigenvalue weighted by Crippen LogP contribution is 2.27. The van der Waals surface area contributed by atoms with Gasteiger partial charge in [-0.1, -0.05) is 38.1 Å². The molecule has 1 atom stereocenters. The lowest BCUT2D eigenvalue weighted by molar-refractivity contribution is 0.0201. The van der Waals surface area contributed by atoms with Crippen LogP contribution in [0.2, 0.25) is 0 Å². The number of carbonyl (C=O) groups is 1. The molecule has 32 heavy (non-hydrogen) atoms. The number of piperazine rings is 1. The Bertz CT molecular complexity index is 928. The first-order valence-corrected chi connectivity index (χ1v) is 10.9. The highest BCUT2D eigenvalue weighted by Gasteiger charge is 2.35. The van der Waals surface area contributed by atoms with Crippen LogP contribution in [0.3, 0.4) is 0 Å². The van der Waals surface area contributed by atoms with Gasteiger partial charge in [-0.05, 0) is 32.3 Å². The average molecular weight is 445 g/mol. The minimum Gasteiger partial charge on any atom is -0.444 e. The van der Waals surface area contributed by atoms with Gasteiger partial charge in [-0.2, -0.15) is 0 Å². The zero-order valence-corrected chi connectivity index (χ0v) is 19.8. The summed E-state index contributed by atoms with van der Waals surface area (Å²) in [6, 6.07) is 7.46. The van der Waals surface area contributed by atoms with Crippen LogP contribution in [0.1, 0.15) is 40.2 Å². The Labute approximate surface area is 189 Å². The molecule has 1 aromatic heterocycles. The van der Waals surface area contributed by atoms with Crippen LogP contribution in [0, 0.1) is 11.7 Å². The Balaban J connectivity index is 1.84. The van der Waals surface area contributed by atoms with Crippen molar-refractivity contribution in [2.75, 3.05) is 31.6 Å². The first kappa shape index (κ1) is 23.9. The van der Waals surface area contributed by atoms with E-state index in [1.165, 1.54) is 6.20 Å². The van der Waals surface area contributed by atoms with Crippen molar-refractivity contribution in [2.24, 2.45) is 5.92 Å². The summed E-state index contributed by atoms with van der Waals surface area (Å²) in [5.74, 6) is 0.220. The summed E-state index contributed by atoms with van der Waals surface area (Å²) in [5, 5.41) is 0. The molecule has 8 heteroatoms. The van der Waals surface area contributed by atoms with Gasteiger partial charge in [0, 0.05) is 32.3 Å². The molecule has 1 amide bonds. The highest BCUT2D eigenvalue weighted by atomic mass is 19.1. The minimum atomic E-state index is -0.546. The zero-order valence-electron chi connectivity index (χ0n) is 19.8. The van der Waals surface area contributed by atoms with Crippen LogP contribution in [0.15, 0.2) is 30.5 Å². The van der Waals surface area contributed by atoms with E-state index in [-0.39, 0.29) is 23.7 Å².